The molecule has 0 aliphatic carbocycles. The molecule has 10 heteroatoms. The Hall–Kier alpha value is -2.94. The molecular formula is C21H19ClF3NO5. The Morgan fingerprint density at radius 3 is 2.58 bits per heavy atom. The Kier molecular flexibility index (Phi) is 6.64. The van der Waals surface area contributed by atoms with Crippen molar-refractivity contribution < 1.29 is 31.9 Å². The van der Waals surface area contributed by atoms with Crippen LogP contribution in [0.2, 0.25) is 5.02 Å². The first-order valence-corrected chi connectivity index (χ1v) is 9.80. The van der Waals surface area contributed by atoms with E-state index in [1.54, 1.807) is 0 Å². The molecule has 3 aromatic rings. The molecule has 1 atom stereocenters. The summed E-state index contributed by atoms with van der Waals surface area (Å²) in [5, 5.41) is -0.259. The lowest BCUT2D eigenvalue weighted by molar-refractivity contribution is -0.149. The summed E-state index contributed by atoms with van der Waals surface area (Å²) in [7, 11) is 1.26. The average Bonchev–Trinajstić information content (AvgIpc) is 3.04. The Morgan fingerprint density at radius 2 is 1.97 bits per heavy atom. The minimum Gasteiger partial charge on any atom is -0.479 e. The largest absolute Gasteiger partial charge is 0.479 e. The topological polar surface area (TPSA) is 70.7 Å². The minimum atomic E-state index is -4.56. The van der Waals surface area contributed by atoms with Crippen molar-refractivity contribution in [3.05, 3.63) is 57.5 Å². The maximum absolute atomic E-state index is 12.9. The number of alkyl halides is 3. The van der Waals surface area contributed by atoms with Gasteiger partial charge in [0.15, 0.2) is 11.7 Å². The van der Waals surface area contributed by atoms with E-state index >= 15 is 0 Å². The molecule has 1 aromatic heterocycles. The molecule has 0 amide bonds. The number of aromatic nitrogens is 1. The molecule has 0 aliphatic rings. The number of methoxy groups -OCH3 is 1. The van der Waals surface area contributed by atoms with Crippen LogP contribution in [0.5, 0.6) is 5.75 Å². The highest BCUT2D eigenvalue weighted by molar-refractivity contribution is 6.32. The quantitative estimate of drug-likeness (QED) is 0.446. The second-order valence-electron chi connectivity index (χ2n) is 6.77. The molecule has 0 radical (unpaired) electrons. The zero-order chi connectivity index (χ0) is 22.8. The van der Waals surface area contributed by atoms with E-state index in [0.29, 0.717) is 6.42 Å². The lowest BCUT2D eigenvalue weighted by atomic mass is 10.1. The number of carbonyl (C=O) groups is 1. The van der Waals surface area contributed by atoms with E-state index in [9.17, 15) is 22.8 Å². The van der Waals surface area contributed by atoms with Gasteiger partial charge < -0.3 is 13.9 Å². The fourth-order valence-corrected chi connectivity index (χ4v) is 3.34. The molecule has 0 spiro atoms. The van der Waals surface area contributed by atoms with Crippen molar-refractivity contribution in [2.45, 2.75) is 38.5 Å². The number of hydrogen-bond acceptors (Lipinski definition) is 5. The summed E-state index contributed by atoms with van der Waals surface area (Å²) < 4.78 is 55.4. The molecule has 166 valence electrons. The molecule has 1 heterocycles. The number of hydrogen-bond donors (Lipinski definition) is 0. The molecule has 0 bridgehead atoms. The number of halogens is 4. The van der Waals surface area contributed by atoms with E-state index in [0.717, 1.165) is 35.6 Å². The number of nitrogens with zero attached hydrogens (tertiary/aromatic N) is 1. The normalized spacial score (nSPS) is 12.7. The lowest BCUT2D eigenvalue weighted by Gasteiger charge is -2.16. The van der Waals surface area contributed by atoms with Gasteiger partial charge in [-0.2, -0.15) is 13.2 Å². The van der Waals surface area contributed by atoms with Crippen LogP contribution < -0.4 is 10.5 Å². The fourth-order valence-electron chi connectivity index (χ4n) is 3.08. The van der Waals surface area contributed by atoms with Crippen LogP contribution in [0, 0.1) is 0 Å². The number of rotatable bonds is 7. The highest BCUT2D eigenvalue weighted by atomic mass is 35.5. The van der Waals surface area contributed by atoms with Crippen LogP contribution in [-0.4, -0.2) is 23.8 Å². The molecule has 3 rings (SSSR count). The van der Waals surface area contributed by atoms with Crippen LogP contribution in [0.25, 0.3) is 16.8 Å². The molecule has 2 aromatic carbocycles. The van der Waals surface area contributed by atoms with Crippen molar-refractivity contribution in [3.8, 4) is 11.4 Å². The number of carbonyl (C=O) groups excluding carboxylic acids is 1. The van der Waals surface area contributed by atoms with Gasteiger partial charge in [0, 0.05) is 6.07 Å². The molecule has 0 saturated heterocycles. The number of ether oxygens (including phenoxy) is 2. The predicted octanol–water partition coefficient (Wildman–Crippen LogP) is 5.37. The summed E-state index contributed by atoms with van der Waals surface area (Å²) >= 11 is 6.02. The Bertz CT molecular complexity index is 1150. The van der Waals surface area contributed by atoms with Gasteiger partial charge in [0.2, 0.25) is 0 Å². The summed E-state index contributed by atoms with van der Waals surface area (Å²) in [6.45, 7) is 1.98. The first-order valence-electron chi connectivity index (χ1n) is 9.43. The third-order valence-corrected chi connectivity index (χ3v) is 4.93. The monoisotopic (exact) mass is 457 g/mol. The molecule has 31 heavy (non-hydrogen) atoms. The SMILES string of the molecule is CCCCC(Oc1ccc2c(c1)oc(=O)n2-c1ccc(C(F)(F)F)cc1Cl)C(=O)OC. The summed E-state index contributed by atoms with van der Waals surface area (Å²) in [5.74, 6) is -1.08. The maximum atomic E-state index is 12.9. The highest BCUT2D eigenvalue weighted by Crippen LogP contribution is 2.34. The van der Waals surface area contributed by atoms with E-state index in [1.165, 1.54) is 25.3 Å². The van der Waals surface area contributed by atoms with Gasteiger partial charge >= 0.3 is 17.9 Å². The minimum absolute atomic E-state index is 0.0440. The molecule has 0 aliphatic heterocycles. The summed E-state index contributed by atoms with van der Waals surface area (Å²) in [4.78, 5) is 24.3. The van der Waals surface area contributed by atoms with Crippen molar-refractivity contribution in [2.24, 2.45) is 0 Å². The van der Waals surface area contributed by atoms with Gasteiger partial charge in [-0.3, -0.25) is 0 Å². The number of esters is 1. The van der Waals surface area contributed by atoms with Crippen LogP contribution in [0.15, 0.2) is 45.6 Å². The van der Waals surface area contributed by atoms with Crippen LogP contribution in [-0.2, 0) is 15.7 Å². The first kappa shape index (κ1) is 22.7. The molecular weight excluding hydrogens is 439 g/mol. The number of oxazole rings is 1. The highest BCUT2D eigenvalue weighted by Gasteiger charge is 2.31. The summed E-state index contributed by atoms with van der Waals surface area (Å²) in [5.41, 5.74) is -0.485. The van der Waals surface area contributed by atoms with Gasteiger partial charge in [-0.15, -0.1) is 0 Å². The molecule has 0 saturated carbocycles. The fraction of sp³-hybridized carbons (Fsp3) is 0.333. The standard InChI is InChI=1S/C21H19ClF3NO5/c1-3-4-5-17(19(27)29-2)30-13-7-9-16-18(11-13)31-20(28)26(16)15-8-6-12(10-14(15)22)21(23,24)25/h6-11,17H,3-5H2,1-2H3. The first-order chi connectivity index (χ1) is 14.7. The van der Waals surface area contributed by atoms with Gasteiger partial charge in [0.05, 0.1) is 28.9 Å². The smallest absolute Gasteiger partial charge is 0.424 e. The van der Waals surface area contributed by atoms with E-state index in [2.05, 4.69) is 0 Å². The Morgan fingerprint density at radius 1 is 1.23 bits per heavy atom. The second kappa shape index (κ2) is 9.05. The average molecular weight is 458 g/mol. The predicted molar refractivity (Wildman–Crippen MR) is 108 cm³/mol. The maximum Gasteiger partial charge on any atom is 0.424 e. The van der Waals surface area contributed by atoms with Crippen LogP contribution in [0.3, 0.4) is 0 Å². The summed E-state index contributed by atoms with van der Waals surface area (Å²) in [6.07, 6.45) is -3.32. The van der Waals surface area contributed by atoms with Crippen LogP contribution >= 0.6 is 11.6 Å². The van der Waals surface area contributed by atoms with Gasteiger partial charge in [-0.25, -0.2) is 14.2 Å². The lowest BCUT2D eigenvalue weighted by Crippen LogP contribution is -2.28. The van der Waals surface area contributed by atoms with Gasteiger partial charge in [-0.1, -0.05) is 24.9 Å². The van der Waals surface area contributed by atoms with Gasteiger partial charge in [-0.05, 0) is 43.2 Å². The molecule has 1 unspecified atom stereocenters. The molecule has 0 N–H and O–H groups in total. The number of benzene rings is 2. The van der Waals surface area contributed by atoms with Crippen molar-refractivity contribution in [3.63, 3.8) is 0 Å². The van der Waals surface area contributed by atoms with E-state index in [4.69, 9.17) is 25.5 Å². The van der Waals surface area contributed by atoms with Gasteiger partial charge in [0.25, 0.3) is 0 Å². The van der Waals surface area contributed by atoms with Gasteiger partial charge in [0.1, 0.15) is 5.75 Å². The molecule has 0 fully saturated rings. The van der Waals surface area contributed by atoms with Crippen LogP contribution in [0.4, 0.5) is 13.2 Å². The van der Waals surface area contributed by atoms with Crippen molar-refractivity contribution in [1.29, 1.82) is 0 Å². The molecule has 6 nitrogen and oxygen atoms in total. The number of fused-ring (bicyclic) bond motifs is 1. The van der Waals surface area contributed by atoms with E-state index < -0.39 is 29.6 Å². The van der Waals surface area contributed by atoms with E-state index in [1.807, 2.05) is 6.92 Å². The van der Waals surface area contributed by atoms with Crippen molar-refractivity contribution >= 4 is 28.7 Å². The zero-order valence-electron chi connectivity index (χ0n) is 16.7. The van der Waals surface area contributed by atoms with Crippen molar-refractivity contribution in [2.75, 3.05) is 7.11 Å². The Balaban J connectivity index is 1.98. The van der Waals surface area contributed by atoms with Crippen LogP contribution in [0.1, 0.15) is 31.7 Å². The summed E-state index contributed by atoms with van der Waals surface area (Å²) in [6, 6.07) is 7.12. The Labute approximate surface area is 180 Å². The zero-order valence-corrected chi connectivity index (χ0v) is 17.4. The third-order valence-electron chi connectivity index (χ3n) is 4.63. The van der Waals surface area contributed by atoms with Crippen molar-refractivity contribution in [1.82, 2.24) is 4.57 Å². The second-order valence-corrected chi connectivity index (χ2v) is 7.18. The van der Waals surface area contributed by atoms with E-state index in [-0.39, 0.29) is 27.6 Å². The third kappa shape index (κ3) is 4.87. The number of unbranched alkanes of at least 4 members (excludes halogenated alkanes) is 1.